The van der Waals surface area contributed by atoms with Gasteiger partial charge < -0.3 is 20.4 Å². The minimum Gasteiger partial charge on any atom is -0.480 e. The standard InChI is InChI=1S/C12H22N2O4/c1-2-10(11(16)17)13-12(18)14-6-3-4-9(8-14)5-7-15/h9-10,15H,2-8H2,1H3,(H,13,18)(H,16,17)/t9?,10-/m1/s1. The average Bonchev–Trinajstić information content (AvgIpc) is 2.36. The van der Waals surface area contributed by atoms with Crippen LogP contribution in [0.15, 0.2) is 0 Å². The molecular weight excluding hydrogens is 236 g/mol. The Hall–Kier alpha value is -1.30. The fraction of sp³-hybridized carbons (Fsp3) is 0.833. The molecule has 1 saturated heterocycles. The van der Waals surface area contributed by atoms with Gasteiger partial charge in [-0.05, 0) is 31.6 Å². The van der Waals surface area contributed by atoms with Gasteiger partial charge in [0.25, 0.3) is 0 Å². The molecule has 1 unspecified atom stereocenters. The van der Waals surface area contributed by atoms with Crippen molar-refractivity contribution in [1.82, 2.24) is 10.2 Å². The summed E-state index contributed by atoms with van der Waals surface area (Å²) in [5.41, 5.74) is 0. The topological polar surface area (TPSA) is 89.9 Å². The van der Waals surface area contributed by atoms with E-state index in [1.54, 1.807) is 11.8 Å². The first-order valence-corrected chi connectivity index (χ1v) is 6.47. The molecular formula is C12H22N2O4. The van der Waals surface area contributed by atoms with E-state index in [2.05, 4.69) is 5.32 Å². The molecule has 2 amide bonds. The van der Waals surface area contributed by atoms with E-state index in [-0.39, 0.29) is 12.6 Å². The Kier molecular flexibility index (Phi) is 5.91. The van der Waals surface area contributed by atoms with Crippen LogP contribution in [0.1, 0.15) is 32.6 Å². The number of amides is 2. The lowest BCUT2D eigenvalue weighted by molar-refractivity contribution is -0.139. The Labute approximate surface area is 107 Å². The molecule has 6 heteroatoms. The highest BCUT2D eigenvalue weighted by Crippen LogP contribution is 2.19. The second kappa shape index (κ2) is 7.20. The number of piperidine rings is 1. The zero-order valence-corrected chi connectivity index (χ0v) is 10.8. The normalized spacial score (nSPS) is 21.4. The number of carbonyl (C=O) groups is 2. The lowest BCUT2D eigenvalue weighted by Crippen LogP contribution is -2.50. The van der Waals surface area contributed by atoms with Crippen molar-refractivity contribution in [1.29, 1.82) is 0 Å². The number of urea groups is 1. The van der Waals surface area contributed by atoms with Gasteiger partial charge in [-0.2, -0.15) is 0 Å². The van der Waals surface area contributed by atoms with Crippen LogP contribution in [0.2, 0.25) is 0 Å². The van der Waals surface area contributed by atoms with E-state index in [4.69, 9.17) is 10.2 Å². The number of carbonyl (C=O) groups excluding carboxylic acids is 1. The maximum absolute atomic E-state index is 11.9. The van der Waals surface area contributed by atoms with Crippen molar-refractivity contribution in [2.75, 3.05) is 19.7 Å². The van der Waals surface area contributed by atoms with E-state index in [1.165, 1.54) is 0 Å². The van der Waals surface area contributed by atoms with E-state index in [0.717, 1.165) is 12.8 Å². The van der Waals surface area contributed by atoms with Gasteiger partial charge in [0, 0.05) is 19.7 Å². The van der Waals surface area contributed by atoms with Crippen LogP contribution >= 0.6 is 0 Å². The summed E-state index contributed by atoms with van der Waals surface area (Å²) in [7, 11) is 0. The largest absolute Gasteiger partial charge is 0.480 e. The zero-order chi connectivity index (χ0) is 13.5. The average molecular weight is 258 g/mol. The molecule has 104 valence electrons. The number of carboxylic acids is 1. The minimum absolute atomic E-state index is 0.132. The van der Waals surface area contributed by atoms with Crippen molar-refractivity contribution in [2.45, 2.75) is 38.6 Å². The van der Waals surface area contributed by atoms with Gasteiger partial charge in [0.15, 0.2) is 0 Å². The Bertz CT molecular complexity index is 294. The van der Waals surface area contributed by atoms with Gasteiger partial charge in [0.05, 0.1) is 0 Å². The Morgan fingerprint density at radius 2 is 2.22 bits per heavy atom. The summed E-state index contributed by atoms with van der Waals surface area (Å²) in [6.45, 7) is 3.11. The number of nitrogens with one attached hydrogen (secondary N) is 1. The number of likely N-dealkylation sites (tertiary alicyclic amines) is 1. The van der Waals surface area contributed by atoms with Gasteiger partial charge in [-0.25, -0.2) is 9.59 Å². The molecule has 0 aliphatic carbocycles. The van der Waals surface area contributed by atoms with E-state index < -0.39 is 12.0 Å². The summed E-state index contributed by atoms with van der Waals surface area (Å²) in [5.74, 6) is -0.686. The molecule has 0 spiro atoms. The van der Waals surface area contributed by atoms with Crippen molar-refractivity contribution < 1.29 is 19.8 Å². The lowest BCUT2D eigenvalue weighted by Gasteiger charge is -2.33. The molecule has 6 nitrogen and oxygen atoms in total. The first-order chi connectivity index (χ1) is 8.58. The summed E-state index contributed by atoms with van der Waals surface area (Å²) >= 11 is 0. The molecule has 3 N–H and O–H groups in total. The van der Waals surface area contributed by atoms with E-state index in [0.29, 0.717) is 31.8 Å². The zero-order valence-electron chi connectivity index (χ0n) is 10.8. The van der Waals surface area contributed by atoms with Gasteiger partial charge in [0.1, 0.15) is 6.04 Å². The molecule has 0 saturated carbocycles. The molecule has 0 radical (unpaired) electrons. The number of aliphatic carboxylic acids is 1. The van der Waals surface area contributed by atoms with Gasteiger partial charge in [-0.1, -0.05) is 6.92 Å². The van der Waals surface area contributed by atoms with Crippen molar-refractivity contribution in [3.8, 4) is 0 Å². The lowest BCUT2D eigenvalue weighted by atomic mass is 9.95. The monoisotopic (exact) mass is 258 g/mol. The van der Waals surface area contributed by atoms with Gasteiger partial charge in [0.2, 0.25) is 0 Å². The van der Waals surface area contributed by atoms with Crippen molar-refractivity contribution in [2.24, 2.45) is 5.92 Å². The Morgan fingerprint density at radius 3 is 2.78 bits per heavy atom. The molecule has 1 aliphatic rings. The van der Waals surface area contributed by atoms with Crippen molar-refractivity contribution >= 4 is 12.0 Å². The highest BCUT2D eigenvalue weighted by atomic mass is 16.4. The van der Waals surface area contributed by atoms with Crippen molar-refractivity contribution in [3.05, 3.63) is 0 Å². The van der Waals surface area contributed by atoms with Gasteiger partial charge in [-0.15, -0.1) is 0 Å². The number of rotatable bonds is 5. The predicted molar refractivity (Wildman–Crippen MR) is 66.2 cm³/mol. The highest BCUT2D eigenvalue weighted by Gasteiger charge is 2.26. The first kappa shape index (κ1) is 14.8. The Balaban J connectivity index is 2.47. The summed E-state index contributed by atoms with van der Waals surface area (Å²) < 4.78 is 0. The molecule has 1 rings (SSSR count). The van der Waals surface area contributed by atoms with Crippen LogP contribution in [-0.4, -0.2) is 52.9 Å². The molecule has 1 fully saturated rings. The number of nitrogens with zero attached hydrogens (tertiary/aromatic N) is 1. The predicted octanol–water partition coefficient (Wildman–Crippen LogP) is 0.654. The minimum atomic E-state index is -1.00. The van der Waals surface area contributed by atoms with Crippen LogP contribution in [0.25, 0.3) is 0 Å². The number of hydrogen-bond acceptors (Lipinski definition) is 3. The second-order valence-corrected chi connectivity index (χ2v) is 4.72. The molecule has 0 aromatic heterocycles. The molecule has 1 heterocycles. The van der Waals surface area contributed by atoms with E-state index in [9.17, 15) is 9.59 Å². The maximum Gasteiger partial charge on any atom is 0.326 e. The highest BCUT2D eigenvalue weighted by molar-refractivity contribution is 5.82. The quantitative estimate of drug-likeness (QED) is 0.675. The number of aliphatic hydroxyl groups is 1. The molecule has 1 aliphatic heterocycles. The van der Waals surface area contributed by atoms with Crippen LogP contribution in [0.5, 0.6) is 0 Å². The SMILES string of the molecule is CC[C@@H](NC(=O)N1CCCC(CCO)C1)C(=O)O. The fourth-order valence-electron chi connectivity index (χ4n) is 2.25. The summed E-state index contributed by atoms with van der Waals surface area (Å²) in [6.07, 6.45) is 2.98. The second-order valence-electron chi connectivity index (χ2n) is 4.72. The molecule has 2 atom stereocenters. The van der Waals surface area contributed by atoms with Crippen molar-refractivity contribution in [3.63, 3.8) is 0 Å². The summed E-state index contributed by atoms with van der Waals surface area (Å²) in [5, 5.41) is 20.3. The molecule has 0 aromatic carbocycles. The van der Waals surface area contributed by atoms with Crippen LogP contribution in [0.4, 0.5) is 4.79 Å². The molecule has 0 bridgehead atoms. The molecule has 0 aromatic rings. The third kappa shape index (κ3) is 4.18. The third-order valence-corrected chi connectivity index (χ3v) is 3.35. The smallest absolute Gasteiger partial charge is 0.326 e. The third-order valence-electron chi connectivity index (χ3n) is 3.35. The number of carboxylic acid groups (broad SMARTS) is 1. The fourth-order valence-corrected chi connectivity index (χ4v) is 2.25. The van der Waals surface area contributed by atoms with Crippen LogP contribution in [-0.2, 0) is 4.79 Å². The van der Waals surface area contributed by atoms with E-state index >= 15 is 0 Å². The maximum atomic E-state index is 11.9. The van der Waals surface area contributed by atoms with Crippen LogP contribution in [0.3, 0.4) is 0 Å². The number of aliphatic hydroxyl groups excluding tert-OH is 1. The van der Waals surface area contributed by atoms with E-state index in [1.807, 2.05) is 0 Å². The first-order valence-electron chi connectivity index (χ1n) is 6.47. The summed E-state index contributed by atoms with van der Waals surface area (Å²) in [6, 6.07) is -1.14. The summed E-state index contributed by atoms with van der Waals surface area (Å²) in [4.78, 5) is 24.4. The molecule has 18 heavy (non-hydrogen) atoms. The van der Waals surface area contributed by atoms with Crippen LogP contribution < -0.4 is 5.32 Å². The number of hydrogen-bond donors (Lipinski definition) is 3. The van der Waals surface area contributed by atoms with Gasteiger partial charge >= 0.3 is 12.0 Å². The Morgan fingerprint density at radius 1 is 1.50 bits per heavy atom. The van der Waals surface area contributed by atoms with Crippen LogP contribution in [0, 0.1) is 5.92 Å². The van der Waals surface area contributed by atoms with Gasteiger partial charge in [-0.3, -0.25) is 0 Å².